The van der Waals surface area contributed by atoms with Crippen LogP contribution in [-0.2, 0) is 11.3 Å². The molecule has 0 spiro atoms. The number of pyridine rings is 1. The van der Waals surface area contributed by atoms with Gasteiger partial charge in [-0.2, -0.15) is 9.49 Å². The number of aromatic nitrogens is 3. The Morgan fingerprint density at radius 3 is 2.51 bits per heavy atom. The number of allylic oxidation sites excluding steroid dienone is 1. The van der Waals surface area contributed by atoms with Gasteiger partial charge in [0.05, 0.1) is 7.11 Å². The van der Waals surface area contributed by atoms with Crippen LogP contribution in [0.3, 0.4) is 0 Å². The summed E-state index contributed by atoms with van der Waals surface area (Å²) in [7, 11) is 1.47. The quantitative estimate of drug-likeness (QED) is 0.241. The smallest absolute Gasteiger partial charge is 0.270 e. The Bertz CT molecular complexity index is 1160. The number of ether oxygens (including phenoxy) is 1. The maximum absolute atomic E-state index is 15.0. The number of methoxy groups -OCH3 is 1. The fraction of sp³-hybridized carbons (Fsp3) is 0.500. The van der Waals surface area contributed by atoms with Crippen molar-refractivity contribution in [3.05, 3.63) is 53.5 Å². The van der Waals surface area contributed by atoms with E-state index in [0.29, 0.717) is 29.0 Å². The molecule has 11 heteroatoms. The second kappa shape index (κ2) is 11.5. The van der Waals surface area contributed by atoms with Crippen molar-refractivity contribution in [1.82, 2.24) is 30.7 Å². The zero-order chi connectivity index (χ0) is 26.5. The van der Waals surface area contributed by atoms with Gasteiger partial charge in [-0.1, -0.05) is 6.07 Å². The molecule has 2 aliphatic carbocycles. The summed E-state index contributed by atoms with van der Waals surface area (Å²) >= 11 is 0. The Morgan fingerprint density at radius 1 is 1.22 bits per heavy atom. The van der Waals surface area contributed by atoms with Gasteiger partial charge in [-0.05, 0) is 69.4 Å². The second-order valence-electron chi connectivity index (χ2n) is 9.84. The Morgan fingerprint density at radius 2 is 1.92 bits per heavy atom. The van der Waals surface area contributed by atoms with Gasteiger partial charge < -0.3 is 26.1 Å². The second-order valence-corrected chi connectivity index (χ2v) is 9.84. The summed E-state index contributed by atoms with van der Waals surface area (Å²) in [6, 6.07) is 4.17. The van der Waals surface area contributed by atoms with E-state index < -0.39 is 23.8 Å². The highest BCUT2D eigenvalue weighted by Gasteiger charge is 2.48. The standard InChI is InChI=1S/C26H34FN7O3/c1-15(2)34-20(10-12-31-34)24(35)33-22(21(16-6-7-16)17-8-9-17)25(36)32-19(13-28)23(27)30-14-18-5-4-11-29-26(18)37-3/h4-5,10-13,15-17,21-22,28,30H,6-9,14H2,1-3H3,(H,32,36)(H,33,35)/b23-19+,28-13?. The van der Waals surface area contributed by atoms with Gasteiger partial charge in [0.25, 0.3) is 5.91 Å². The summed E-state index contributed by atoms with van der Waals surface area (Å²) < 4.78 is 21.8. The molecule has 2 heterocycles. The predicted molar refractivity (Wildman–Crippen MR) is 135 cm³/mol. The molecule has 4 N–H and O–H groups in total. The third-order valence-electron chi connectivity index (χ3n) is 6.79. The molecule has 2 saturated carbocycles. The van der Waals surface area contributed by atoms with Gasteiger partial charge in [0.1, 0.15) is 17.4 Å². The number of hydrogen-bond donors (Lipinski definition) is 4. The van der Waals surface area contributed by atoms with Crippen molar-refractivity contribution in [2.24, 2.45) is 17.8 Å². The van der Waals surface area contributed by atoms with E-state index >= 15 is 4.39 Å². The van der Waals surface area contributed by atoms with E-state index in [1.165, 1.54) is 7.11 Å². The first-order chi connectivity index (χ1) is 17.8. The monoisotopic (exact) mass is 511 g/mol. The lowest BCUT2D eigenvalue weighted by Crippen LogP contribution is -2.52. The van der Waals surface area contributed by atoms with Gasteiger partial charge in [0.15, 0.2) is 0 Å². The van der Waals surface area contributed by atoms with Crippen molar-refractivity contribution < 1.29 is 18.7 Å². The minimum Gasteiger partial charge on any atom is -0.481 e. The zero-order valence-electron chi connectivity index (χ0n) is 21.3. The fourth-order valence-electron chi connectivity index (χ4n) is 4.72. The molecule has 1 unspecified atom stereocenters. The minimum atomic E-state index is -0.869. The molecule has 2 aliphatic rings. The molecule has 0 aliphatic heterocycles. The maximum Gasteiger partial charge on any atom is 0.270 e. The van der Waals surface area contributed by atoms with Crippen LogP contribution in [0.4, 0.5) is 4.39 Å². The first-order valence-corrected chi connectivity index (χ1v) is 12.6. The molecule has 0 aromatic carbocycles. The lowest BCUT2D eigenvalue weighted by Gasteiger charge is -2.28. The maximum atomic E-state index is 15.0. The van der Waals surface area contributed by atoms with Crippen LogP contribution < -0.4 is 20.7 Å². The van der Waals surface area contributed by atoms with Gasteiger partial charge in [-0.3, -0.25) is 14.3 Å². The number of nitrogens with zero attached hydrogens (tertiary/aromatic N) is 3. The first-order valence-electron chi connectivity index (χ1n) is 12.6. The summed E-state index contributed by atoms with van der Waals surface area (Å²) in [6.07, 6.45) is 7.87. The number of halogens is 1. The molecular formula is C26H34FN7O3. The Kier molecular flexibility index (Phi) is 8.20. The molecule has 0 bridgehead atoms. The van der Waals surface area contributed by atoms with Crippen molar-refractivity contribution in [2.75, 3.05) is 7.11 Å². The van der Waals surface area contributed by atoms with E-state index in [1.807, 2.05) is 13.8 Å². The molecule has 4 rings (SSSR count). The fourth-order valence-corrected chi connectivity index (χ4v) is 4.72. The summed E-state index contributed by atoms with van der Waals surface area (Å²) in [6.45, 7) is 3.88. The van der Waals surface area contributed by atoms with Crippen molar-refractivity contribution in [3.63, 3.8) is 0 Å². The lowest BCUT2D eigenvalue weighted by molar-refractivity contribution is -0.124. The third kappa shape index (κ3) is 6.33. The van der Waals surface area contributed by atoms with Gasteiger partial charge in [-0.25, -0.2) is 4.98 Å². The molecule has 2 amide bonds. The van der Waals surface area contributed by atoms with Gasteiger partial charge in [-0.15, -0.1) is 0 Å². The number of hydrogen-bond acceptors (Lipinski definition) is 7. The summed E-state index contributed by atoms with van der Waals surface area (Å²) in [5.74, 6) is -0.821. The zero-order valence-corrected chi connectivity index (χ0v) is 21.3. The number of nitrogens with one attached hydrogen (secondary N) is 4. The van der Waals surface area contributed by atoms with Crippen LogP contribution in [-0.4, -0.2) is 45.9 Å². The molecule has 0 radical (unpaired) electrons. The van der Waals surface area contributed by atoms with E-state index in [0.717, 1.165) is 31.9 Å². The molecule has 2 aromatic rings. The average molecular weight is 512 g/mol. The third-order valence-corrected chi connectivity index (χ3v) is 6.79. The summed E-state index contributed by atoms with van der Waals surface area (Å²) in [5.41, 5.74) is 0.661. The van der Waals surface area contributed by atoms with Crippen molar-refractivity contribution in [1.29, 1.82) is 5.41 Å². The van der Waals surface area contributed by atoms with E-state index in [-0.39, 0.29) is 24.2 Å². The van der Waals surface area contributed by atoms with Crippen molar-refractivity contribution >= 4 is 18.0 Å². The molecule has 2 aromatic heterocycles. The summed E-state index contributed by atoms with van der Waals surface area (Å²) in [4.78, 5) is 30.8. The number of carbonyl (C=O) groups is 2. The van der Waals surface area contributed by atoms with E-state index in [1.54, 1.807) is 35.3 Å². The van der Waals surface area contributed by atoms with Gasteiger partial charge >= 0.3 is 0 Å². The van der Waals surface area contributed by atoms with Crippen LogP contribution in [0.1, 0.15) is 61.6 Å². The molecule has 198 valence electrons. The van der Waals surface area contributed by atoms with Crippen LogP contribution in [0.25, 0.3) is 0 Å². The normalized spacial score (nSPS) is 16.7. The topological polar surface area (TPSA) is 134 Å². The van der Waals surface area contributed by atoms with Crippen molar-refractivity contribution in [3.8, 4) is 5.88 Å². The highest BCUT2D eigenvalue weighted by Crippen LogP contribution is 2.50. The summed E-state index contributed by atoms with van der Waals surface area (Å²) in [5, 5.41) is 20.0. The average Bonchev–Trinajstić information content (AvgIpc) is 3.84. The van der Waals surface area contributed by atoms with Crippen LogP contribution in [0.2, 0.25) is 0 Å². The Labute approximate surface area is 215 Å². The minimum absolute atomic E-state index is 0.0308. The molecule has 1 atom stereocenters. The van der Waals surface area contributed by atoms with E-state index in [4.69, 9.17) is 10.1 Å². The molecule has 10 nitrogen and oxygen atoms in total. The Hall–Kier alpha value is -3.76. The van der Waals surface area contributed by atoms with Gasteiger partial charge in [0.2, 0.25) is 17.7 Å². The van der Waals surface area contributed by atoms with Crippen molar-refractivity contribution in [2.45, 2.75) is 58.2 Å². The van der Waals surface area contributed by atoms with Crippen LogP contribution in [0.5, 0.6) is 5.88 Å². The van der Waals surface area contributed by atoms with E-state index in [9.17, 15) is 9.59 Å². The molecule has 0 saturated heterocycles. The molecular weight excluding hydrogens is 477 g/mol. The van der Waals surface area contributed by atoms with E-state index in [2.05, 4.69) is 26.0 Å². The molecule has 37 heavy (non-hydrogen) atoms. The highest BCUT2D eigenvalue weighted by atomic mass is 19.1. The largest absolute Gasteiger partial charge is 0.481 e. The van der Waals surface area contributed by atoms with Crippen LogP contribution in [0, 0.1) is 23.2 Å². The first kappa shape index (κ1) is 26.3. The van der Waals surface area contributed by atoms with Crippen LogP contribution >= 0.6 is 0 Å². The Balaban J connectivity index is 1.52. The number of amides is 2. The number of rotatable bonds is 13. The predicted octanol–water partition coefficient (Wildman–Crippen LogP) is 3.10. The highest BCUT2D eigenvalue weighted by molar-refractivity contribution is 5.98. The van der Waals surface area contributed by atoms with Crippen LogP contribution in [0.15, 0.2) is 42.2 Å². The molecule has 2 fully saturated rings. The lowest BCUT2D eigenvalue weighted by atomic mass is 9.88. The SMILES string of the molecule is COc1ncccc1CN/C(F)=C(\C=N)NC(=O)C(NC(=O)c1ccnn1C(C)C)C(C1CC1)C1CC1. The van der Waals surface area contributed by atoms with Gasteiger partial charge in [0, 0.05) is 36.8 Å². The number of carbonyl (C=O) groups excluding carboxylic acids is 2.